The topological polar surface area (TPSA) is 112 Å². The number of carbonyl (C=O) groups excluding carboxylic acids is 1. The standard InChI is InChI=1S/C22H27N5O3/c1-4-8-30-27-22-24-11-15(3)20(26-22)17-10-18(23-12-17)21(29)25-19(13-28)16-7-5-6-14(2)9-16/h5-7,9-12,19,23,28H,4,8,13H2,1-3H3,(H,25,29)(H,24,26,27)/t19-/m1/s1. The van der Waals surface area contributed by atoms with Crippen LogP contribution in [0.5, 0.6) is 0 Å². The normalized spacial score (nSPS) is 11.9. The zero-order valence-corrected chi connectivity index (χ0v) is 17.4. The minimum Gasteiger partial charge on any atom is -0.394 e. The lowest BCUT2D eigenvalue weighted by Crippen LogP contribution is -2.31. The maximum absolute atomic E-state index is 12.7. The average molecular weight is 409 g/mol. The molecule has 0 fully saturated rings. The Hall–Kier alpha value is -3.23. The number of aromatic nitrogens is 3. The largest absolute Gasteiger partial charge is 0.394 e. The highest BCUT2D eigenvalue weighted by atomic mass is 16.6. The van der Waals surface area contributed by atoms with Crippen LogP contribution >= 0.6 is 0 Å². The molecule has 3 rings (SSSR count). The summed E-state index contributed by atoms with van der Waals surface area (Å²) in [6.45, 7) is 6.24. The summed E-state index contributed by atoms with van der Waals surface area (Å²) in [6.07, 6.45) is 4.30. The summed E-state index contributed by atoms with van der Waals surface area (Å²) in [7, 11) is 0. The predicted molar refractivity (Wildman–Crippen MR) is 115 cm³/mol. The smallest absolute Gasteiger partial charge is 0.268 e. The van der Waals surface area contributed by atoms with Crippen molar-refractivity contribution < 1.29 is 14.7 Å². The van der Waals surface area contributed by atoms with E-state index in [2.05, 4.69) is 25.7 Å². The summed E-state index contributed by atoms with van der Waals surface area (Å²) in [5.74, 6) is 0.0502. The fraction of sp³-hybridized carbons (Fsp3) is 0.318. The van der Waals surface area contributed by atoms with Crippen LogP contribution in [-0.2, 0) is 4.84 Å². The number of H-pyrrole nitrogens is 1. The van der Waals surface area contributed by atoms with Gasteiger partial charge in [-0.2, -0.15) is 0 Å². The number of nitrogens with zero attached hydrogens (tertiary/aromatic N) is 2. The molecule has 1 amide bonds. The number of anilines is 1. The molecule has 0 aliphatic rings. The van der Waals surface area contributed by atoms with Crippen LogP contribution in [0, 0.1) is 13.8 Å². The quantitative estimate of drug-likeness (QED) is 0.319. The van der Waals surface area contributed by atoms with Gasteiger partial charge in [0, 0.05) is 18.0 Å². The van der Waals surface area contributed by atoms with Crippen molar-refractivity contribution in [2.75, 3.05) is 18.7 Å². The van der Waals surface area contributed by atoms with Gasteiger partial charge in [-0.25, -0.2) is 15.4 Å². The molecule has 0 saturated heterocycles. The second-order valence-corrected chi connectivity index (χ2v) is 7.10. The first-order valence-electron chi connectivity index (χ1n) is 9.90. The first kappa shape index (κ1) is 21.5. The van der Waals surface area contributed by atoms with E-state index in [0.29, 0.717) is 23.9 Å². The van der Waals surface area contributed by atoms with Crippen LogP contribution in [0.1, 0.15) is 46.6 Å². The lowest BCUT2D eigenvalue weighted by Gasteiger charge is -2.16. The number of aromatic amines is 1. The monoisotopic (exact) mass is 409 g/mol. The van der Waals surface area contributed by atoms with Crippen molar-refractivity contribution in [1.82, 2.24) is 20.3 Å². The number of benzene rings is 1. The molecule has 0 unspecified atom stereocenters. The van der Waals surface area contributed by atoms with E-state index in [1.807, 2.05) is 45.0 Å². The van der Waals surface area contributed by atoms with E-state index in [1.165, 1.54) is 0 Å². The molecule has 8 nitrogen and oxygen atoms in total. The van der Waals surface area contributed by atoms with E-state index >= 15 is 0 Å². The third-order valence-corrected chi connectivity index (χ3v) is 4.57. The first-order chi connectivity index (χ1) is 14.5. The molecule has 30 heavy (non-hydrogen) atoms. The highest BCUT2D eigenvalue weighted by Crippen LogP contribution is 2.23. The summed E-state index contributed by atoms with van der Waals surface area (Å²) < 4.78 is 0. The lowest BCUT2D eigenvalue weighted by atomic mass is 10.0. The predicted octanol–water partition coefficient (Wildman–Crippen LogP) is 3.31. The van der Waals surface area contributed by atoms with Gasteiger partial charge < -0.3 is 15.4 Å². The molecule has 8 heteroatoms. The first-order valence-corrected chi connectivity index (χ1v) is 9.90. The average Bonchev–Trinajstić information content (AvgIpc) is 3.23. The third-order valence-electron chi connectivity index (χ3n) is 4.57. The van der Waals surface area contributed by atoms with Gasteiger partial charge in [-0.3, -0.25) is 9.63 Å². The Balaban J connectivity index is 1.75. The summed E-state index contributed by atoms with van der Waals surface area (Å²) in [4.78, 5) is 29.7. The van der Waals surface area contributed by atoms with E-state index in [-0.39, 0.29) is 12.5 Å². The SMILES string of the molecule is CCCONc1ncc(C)c(-c2c[nH]c(C(=O)N[C@H](CO)c3cccc(C)c3)c2)n1. The molecule has 0 spiro atoms. The van der Waals surface area contributed by atoms with Crippen molar-refractivity contribution in [3.63, 3.8) is 0 Å². The number of aliphatic hydroxyl groups is 1. The summed E-state index contributed by atoms with van der Waals surface area (Å²) in [5, 5.41) is 12.6. The second-order valence-electron chi connectivity index (χ2n) is 7.10. The zero-order chi connectivity index (χ0) is 21.5. The minimum atomic E-state index is -0.489. The van der Waals surface area contributed by atoms with Crippen LogP contribution < -0.4 is 10.8 Å². The molecule has 0 saturated carbocycles. The molecular formula is C22H27N5O3. The molecule has 0 aliphatic heterocycles. The third kappa shape index (κ3) is 5.22. The van der Waals surface area contributed by atoms with Gasteiger partial charge in [0.15, 0.2) is 0 Å². The Morgan fingerprint density at radius 2 is 2.13 bits per heavy atom. The van der Waals surface area contributed by atoms with Gasteiger partial charge in [-0.05, 0) is 37.5 Å². The number of aliphatic hydroxyl groups excluding tert-OH is 1. The number of rotatable bonds is 9. The maximum atomic E-state index is 12.7. The number of hydrogen-bond acceptors (Lipinski definition) is 6. The fourth-order valence-electron chi connectivity index (χ4n) is 3.02. The van der Waals surface area contributed by atoms with E-state index in [0.717, 1.165) is 28.7 Å². The van der Waals surface area contributed by atoms with Gasteiger partial charge in [0.2, 0.25) is 5.95 Å². The Bertz CT molecular complexity index is 1000. The number of nitrogens with one attached hydrogen (secondary N) is 3. The summed E-state index contributed by atoms with van der Waals surface area (Å²) in [5.41, 5.74) is 7.35. The van der Waals surface area contributed by atoms with Crippen LogP contribution in [0.4, 0.5) is 5.95 Å². The summed E-state index contributed by atoms with van der Waals surface area (Å²) in [6, 6.07) is 8.94. The number of hydrogen-bond donors (Lipinski definition) is 4. The molecule has 0 radical (unpaired) electrons. The van der Waals surface area contributed by atoms with Crippen molar-refractivity contribution in [2.45, 2.75) is 33.2 Å². The van der Waals surface area contributed by atoms with E-state index in [1.54, 1.807) is 18.5 Å². The molecule has 0 aliphatic carbocycles. The molecular weight excluding hydrogens is 382 g/mol. The van der Waals surface area contributed by atoms with Crippen molar-refractivity contribution in [1.29, 1.82) is 0 Å². The van der Waals surface area contributed by atoms with E-state index in [4.69, 9.17) is 4.84 Å². The van der Waals surface area contributed by atoms with Gasteiger partial charge in [-0.15, -0.1) is 0 Å². The molecule has 2 heterocycles. The van der Waals surface area contributed by atoms with Crippen molar-refractivity contribution in [3.8, 4) is 11.3 Å². The van der Waals surface area contributed by atoms with E-state index < -0.39 is 6.04 Å². The molecule has 158 valence electrons. The number of amides is 1. The van der Waals surface area contributed by atoms with Crippen LogP contribution in [0.2, 0.25) is 0 Å². The Morgan fingerprint density at radius 3 is 2.87 bits per heavy atom. The second kappa shape index (κ2) is 10.00. The molecule has 1 aromatic carbocycles. The van der Waals surface area contributed by atoms with Crippen LogP contribution in [0.25, 0.3) is 11.3 Å². The molecule has 2 aromatic heterocycles. The maximum Gasteiger partial charge on any atom is 0.268 e. The Labute approximate surface area is 175 Å². The highest BCUT2D eigenvalue weighted by molar-refractivity contribution is 5.94. The Morgan fingerprint density at radius 1 is 1.30 bits per heavy atom. The lowest BCUT2D eigenvalue weighted by molar-refractivity contribution is 0.0911. The van der Waals surface area contributed by atoms with Gasteiger partial charge in [0.1, 0.15) is 5.69 Å². The molecule has 3 aromatic rings. The van der Waals surface area contributed by atoms with Gasteiger partial charge in [0.05, 0.1) is 24.9 Å². The Kier molecular flexibility index (Phi) is 7.16. The number of carbonyl (C=O) groups is 1. The molecule has 1 atom stereocenters. The van der Waals surface area contributed by atoms with Gasteiger partial charge >= 0.3 is 0 Å². The van der Waals surface area contributed by atoms with Crippen LogP contribution in [0.3, 0.4) is 0 Å². The van der Waals surface area contributed by atoms with Crippen molar-refractivity contribution >= 4 is 11.9 Å². The van der Waals surface area contributed by atoms with Crippen LogP contribution in [0.15, 0.2) is 42.7 Å². The van der Waals surface area contributed by atoms with Crippen molar-refractivity contribution in [3.05, 3.63) is 65.1 Å². The van der Waals surface area contributed by atoms with Gasteiger partial charge in [0.25, 0.3) is 5.91 Å². The summed E-state index contributed by atoms with van der Waals surface area (Å²) >= 11 is 0. The zero-order valence-electron chi connectivity index (χ0n) is 17.4. The fourth-order valence-corrected chi connectivity index (χ4v) is 3.02. The van der Waals surface area contributed by atoms with Gasteiger partial charge in [-0.1, -0.05) is 36.8 Å². The minimum absolute atomic E-state index is 0.194. The van der Waals surface area contributed by atoms with Crippen molar-refractivity contribution in [2.24, 2.45) is 0 Å². The molecule has 0 bridgehead atoms. The molecule has 4 N–H and O–H groups in total. The highest BCUT2D eigenvalue weighted by Gasteiger charge is 2.18. The number of aryl methyl sites for hydroxylation is 2. The van der Waals surface area contributed by atoms with E-state index in [9.17, 15) is 9.90 Å². The van der Waals surface area contributed by atoms with Crippen LogP contribution in [-0.4, -0.2) is 39.2 Å².